The van der Waals surface area contributed by atoms with Crippen molar-refractivity contribution in [2.75, 3.05) is 25.2 Å². The van der Waals surface area contributed by atoms with Gasteiger partial charge in [-0.25, -0.2) is 0 Å². The van der Waals surface area contributed by atoms with Gasteiger partial charge in [-0.05, 0) is 37.1 Å². The van der Waals surface area contributed by atoms with Crippen LogP contribution < -0.4 is 14.8 Å². The van der Waals surface area contributed by atoms with Crippen LogP contribution in [0.4, 0.5) is 5.69 Å². The second kappa shape index (κ2) is 7.81. The number of anilines is 1. The number of aromatic nitrogens is 1. The van der Waals surface area contributed by atoms with Gasteiger partial charge in [-0.15, -0.1) is 11.3 Å². The van der Waals surface area contributed by atoms with Gasteiger partial charge in [0.1, 0.15) is 4.83 Å². The molecular weight excluding hydrogens is 438 g/mol. The highest BCUT2D eigenvalue weighted by Gasteiger charge is 2.29. The summed E-state index contributed by atoms with van der Waals surface area (Å²) in [5.41, 5.74) is 1.87. The molecule has 7 nitrogen and oxygen atoms in total. The SMILES string of the molecule is Cn1c2ccccc2c2cc(C(=O)N3CCC(C(=O)Nc4ccc5c(c4)OCO5)CC3)sc21. The number of carbonyl (C=O) groups excluding carboxylic acids is 2. The molecule has 2 aliphatic heterocycles. The fourth-order valence-corrected chi connectivity index (χ4v) is 5.87. The first-order chi connectivity index (χ1) is 16.1. The molecule has 2 amide bonds. The van der Waals surface area contributed by atoms with Crippen LogP contribution in [0, 0.1) is 5.92 Å². The molecule has 0 atom stereocenters. The van der Waals surface area contributed by atoms with E-state index in [1.165, 1.54) is 10.9 Å². The molecule has 2 aliphatic rings. The summed E-state index contributed by atoms with van der Waals surface area (Å²) in [5, 5.41) is 5.27. The molecule has 2 aromatic heterocycles. The lowest BCUT2D eigenvalue weighted by atomic mass is 9.95. The van der Waals surface area contributed by atoms with E-state index in [1.807, 2.05) is 36.2 Å². The highest BCUT2D eigenvalue weighted by molar-refractivity contribution is 7.20. The van der Waals surface area contributed by atoms with Crippen molar-refractivity contribution in [1.29, 1.82) is 0 Å². The Hall–Kier alpha value is -3.52. The average Bonchev–Trinajstić information content (AvgIpc) is 3.55. The van der Waals surface area contributed by atoms with Crippen molar-refractivity contribution in [1.82, 2.24) is 9.47 Å². The molecule has 2 aromatic carbocycles. The van der Waals surface area contributed by atoms with Crippen LogP contribution in [0.25, 0.3) is 21.1 Å². The van der Waals surface area contributed by atoms with Crippen LogP contribution in [0.3, 0.4) is 0 Å². The summed E-state index contributed by atoms with van der Waals surface area (Å²) in [5.74, 6) is 1.24. The summed E-state index contributed by atoms with van der Waals surface area (Å²) in [7, 11) is 2.04. The molecule has 0 saturated carbocycles. The summed E-state index contributed by atoms with van der Waals surface area (Å²) < 4.78 is 12.8. The largest absolute Gasteiger partial charge is 0.454 e. The Morgan fingerprint density at radius 3 is 2.64 bits per heavy atom. The Morgan fingerprint density at radius 1 is 1.00 bits per heavy atom. The van der Waals surface area contributed by atoms with Crippen LogP contribution >= 0.6 is 11.3 Å². The second-order valence-corrected chi connectivity index (χ2v) is 9.56. The lowest BCUT2D eigenvalue weighted by Gasteiger charge is -2.31. The Balaban J connectivity index is 1.12. The van der Waals surface area contributed by atoms with E-state index in [2.05, 4.69) is 22.0 Å². The monoisotopic (exact) mass is 461 g/mol. The number of likely N-dealkylation sites (tertiary alicyclic amines) is 1. The zero-order valence-electron chi connectivity index (χ0n) is 18.2. The summed E-state index contributed by atoms with van der Waals surface area (Å²) in [6, 6.07) is 15.7. The summed E-state index contributed by atoms with van der Waals surface area (Å²) in [6.07, 6.45) is 1.30. The third-order valence-corrected chi connectivity index (χ3v) is 7.78. The number of piperidine rings is 1. The fourth-order valence-electron chi connectivity index (χ4n) is 4.75. The molecule has 0 spiro atoms. The fraction of sp³-hybridized carbons (Fsp3) is 0.280. The van der Waals surface area contributed by atoms with Crippen LogP contribution in [0.1, 0.15) is 22.5 Å². The first kappa shape index (κ1) is 20.1. The molecular formula is C25H23N3O4S. The van der Waals surface area contributed by atoms with E-state index in [1.54, 1.807) is 23.5 Å². The van der Waals surface area contributed by atoms with Gasteiger partial charge in [0.25, 0.3) is 5.91 Å². The minimum absolute atomic E-state index is 0.0192. The maximum atomic E-state index is 13.2. The Morgan fingerprint density at radius 2 is 1.79 bits per heavy atom. The maximum absolute atomic E-state index is 13.2. The first-order valence-corrected chi connectivity index (χ1v) is 11.9. The van der Waals surface area contributed by atoms with Crippen LogP contribution in [0.5, 0.6) is 11.5 Å². The van der Waals surface area contributed by atoms with Crippen molar-refractivity contribution < 1.29 is 19.1 Å². The van der Waals surface area contributed by atoms with Crippen molar-refractivity contribution in [3.8, 4) is 11.5 Å². The predicted octanol–water partition coefficient (Wildman–Crippen LogP) is 4.61. The number of fused-ring (bicyclic) bond motifs is 4. The normalized spacial score (nSPS) is 16.0. The molecule has 1 fully saturated rings. The number of nitrogens with one attached hydrogen (secondary N) is 1. The number of hydrogen-bond acceptors (Lipinski definition) is 5. The van der Waals surface area contributed by atoms with Crippen molar-refractivity contribution in [2.24, 2.45) is 13.0 Å². The van der Waals surface area contributed by atoms with E-state index in [0.717, 1.165) is 15.1 Å². The molecule has 0 radical (unpaired) electrons. The highest BCUT2D eigenvalue weighted by atomic mass is 32.1. The smallest absolute Gasteiger partial charge is 0.264 e. The molecule has 0 bridgehead atoms. The van der Waals surface area contributed by atoms with Gasteiger partial charge >= 0.3 is 0 Å². The van der Waals surface area contributed by atoms with Crippen LogP contribution in [0.15, 0.2) is 48.5 Å². The van der Waals surface area contributed by atoms with E-state index in [-0.39, 0.29) is 24.5 Å². The van der Waals surface area contributed by atoms with Crippen molar-refractivity contribution in [2.45, 2.75) is 12.8 Å². The molecule has 4 aromatic rings. The molecule has 6 rings (SSSR count). The Labute approximate surface area is 194 Å². The lowest BCUT2D eigenvalue weighted by Crippen LogP contribution is -2.41. The number of hydrogen-bond donors (Lipinski definition) is 1. The molecule has 168 valence electrons. The van der Waals surface area contributed by atoms with Crippen molar-refractivity contribution in [3.63, 3.8) is 0 Å². The summed E-state index contributed by atoms with van der Waals surface area (Å²) in [6.45, 7) is 1.36. The number of thiophene rings is 1. The quantitative estimate of drug-likeness (QED) is 0.484. The summed E-state index contributed by atoms with van der Waals surface area (Å²) in [4.78, 5) is 29.7. The number of rotatable bonds is 3. The number of aryl methyl sites for hydroxylation is 1. The third-order valence-electron chi connectivity index (χ3n) is 6.58. The van der Waals surface area contributed by atoms with Gasteiger partial charge in [0.2, 0.25) is 12.7 Å². The minimum Gasteiger partial charge on any atom is -0.454 e. The van der Waals surface area contributed by atoms with Gasteiger partial charge in [-0.3, -0.25) is 9.59 Å². The minimum atomic E-state index is -0.120. The average molecular weight is 462 g/mol. The van der Waals surface area contributed by atoms with Crippen molar-refractivity contribution >= 4 is 50.0 Å². The van der Waals surface area contributed by atoms with Gasteiger partial charge < -0.3 is 24.3 Å². The number of nitrogens with zero attached hydrogens (tertiary/aromatic N) is 2. The number of para-hydroxylation sites is 1. The Bertz CT molecular complexity index is 1400. The van der Waals surface area contributed by atoms with E-state index < -0.39 is 0 Å². The first-order valence-electron chi connectivity index (χ1n) is 11.1. The highest BCUT2D eigenvalue weighted by Crippen LogP contribution is 2.36. The molecule has 4 heterocycles. The molecule has 8 heteroatoms. The molecule has 0 unspecified atom stereocenters. The lowest BCUT2D eigenvalue weighted by molar-refractivity contribution is -0.121. The number of carbonyl (C=O) groups is 2. The van der Waals surface area contributed by atoms with Crippen LogP contribution in [-0.2, 0) is 11.8 Å². The van der Waals surface area contributed by atoms with E-state index in [0.29, 0.717) is 43.1 Å². The van der Waals surface area contributed by atoms with Gasteiger partial charge in [-0.2, -0.15) is 0 Å². The standard InChI is InChI=1S/C25H23N3O4S/c1-27-19-5-3-2-4-17(19)18-13-22(33-25(18)27)24(30)28-10-8-15(9-11-28)23(29)26-16-6-7-20-21(12-16)32-14-31-20/h2-7,12-13,15H,8-11,14H2,1H3,(H,26,29). The van der Waals surface area contributed by atoms with Crippen molar-refractivity contribution in [3.05, 3.63) is 53.4 Å². The predicted molar refractivity (Wildman–Crippen MR) is 128 cm³/mol. The van der Waals surface area contributed by atoms with E-state index in [9.17, 15) is 9.59 Å². The Kier molecular flexibility index (Phi) is 4.76. The molecule has 1 saturated heterocycles. The van der Waals surface area contributed by atoms with Gasteiger partial charge in [0.05, 0.1) is 4.88 Å². The molecule has 1 N–H and O–H groups in total. The zero-order valence-corrected chi connectivity index (χ0v) is 19.0. The number of ether oxygens (including phenoxy) is 2. The van der Waals surface area contributed by atoms with Gasteiger partial charge in [0.15, 0.2) is 11.5 Å². The van der Waals surface area contributed by atoms with Gasteiger partial charge in [-0.1, -0.05) is 18.2 Å². The number of benzene rings is 2. The zero-order chi connectivity index (χ0) is 22.5. The molecule has 0 aliphatic carbocycles. The van der Waals surface area contributed by atoms with Gasteiger partial charge in [0, 0.05) is 54.1 Å². The van der Waals surface area contributed by atoms with Crippen LogP contribution in [0.2, 0.25) is 0 Å². The molecule has 33 heavy (non-hydrogen) atoms. The topological polar surface area (TPSA) is 72.8 Å². The van der Waals surface area contributed by atoms with E-state index >= 15 is 0 Å². The van der Waals surface area contributed by atoms with E-state index in [4.69, 9.17) is 9.47 Å². The number of amides is 2. The third kappa shape index (κ3) is 3.41. The second-order valence-electron chi connectivity index (χ2n) is 8.53. The van der Waals surface area contributed by atoms with Crippen LogP contribution in [-0.4, -0.2) is 41.2 Å². The maximum Gasteiger partial charge on any atom is 0.264 e. The summed E-state index contributed by atoms with van der Waals surface area (Å²) >= 11 is 1.54.